The van der Waals surface area contributed by atoms with Gasteiger partial charge in [-0.25, -0.2) is 4.98 Å². The van der Waals surface area contributed by atoms with Gasteiger partial charge in [0.15, 0.2) is 5.78 Å². The van der Waals surface area contributed by atoms with Crippen LogP contribution >= 0.6 is 0 Å². The van der Waals surface area contributed by atoms with Gasteiger partial charge in [-0.3, -0.25) is 9.78 Å². The van der Waals surface area contributed by atoms with E-state index in [0.29, 0.717) is 17.9 Å². The van der Waals surface area contributed by atoms with Crippen LogP contribution in [0.25, 0.3) is 11.6 Å². The predicted octanol–water partition coefficient (Wildman–Crippen LogP) is 2.93. The maximum atomic E-state index is 12.4. The normalized spacial score (nSPS) is 16.4. The first-order chi connectivity index (χ1) is 10.3. The highest BCUT2D eigenvalue weighted by molar-refractivity contribution is 6.25. The van der Waals surface area contributed by atoms with Crippen LogP contribution in [0.15, 0.2) is 36.7 Å². The minimum atomic E-state index is 0.145. The lowest BCUT2D eigenvalue weighted by molar-refractivity contribution is -0.113. The summed E-state index contributed by atoms with van der Waals surface area (Å²) in [6, 6.07) is 7.58. The van der Waals surface area contributed by atoms with Gasteiger partial charge in [0, 0.05) is 36.0 Å². The predicted molar refractivity (Wildman–Crippen MR) is 80.8 cm³/mol. The highest BCUT2D eigenvalue weighted by Gasteiger charge is 2.20. The number of carbonyl (C=O) groups excluding carboxylic acids is 1. The van der Waals surface area contributed by atoms with Crippen molar-refractivity contribution < 1.29 is 9.53 Å². The molecule has 0 bridgehead atoms. The first-order valence-corrected chi connectivity index (χ1v) is 6.97. The number of hydrogen-bond donors (Lipinski definition) is 0. The van der Waals surface area contributed by atoms with Crippen molar-refractivity contribution >= 4 is 17.4 Å². The third kappa shape index (κ3) is 2.84. The molecule has 2 heterocycles. The van der Waals surface area contributed by atoms with Crippen LogP contribution in [-0.4, -0.2) is 22.9 Å². The van der Waals surface area contributed by atoms with Gasteiger partial charge < -0.3 is 4.74 Å². The molecule has 0 amide bonds. The number of aryl methyl sites for hydroxylation is 1. The van der Waals surface area contributed by atoms with Crippen molar-refractivity contribution in [2.75, 3.05) is 7.11 Å². The van der Waals surface area contributed by atoms with E-state index in [0.717, 1.165) is 29.7 Å². The van der Waals surface area contributed by atoms with E-state index in [1.165, 1.54) is 0 Å². The summed E-state index contributed by atoms with van der Waals surface area (Å²) in [4.78, 5) is 20.9. The van der Waals surface area contributed by atoms with Gasteiger partial charge in [0.05, 0.1) is 12.8 Å². The highest BCUT2D eigenvalue weighted by atomic mass is 16.5. The van der Waals surface area contributed by atoms with Crippen LogP contribution in [0.3, 0.4) is 0 Å². The molecule has 3 rings (SSSR count). The lowest BCUT2D eigenvalue weighted by atomic mass is 9.99. The van der Waals surface area contributed by atoms with Crippen molar-refractivity contribution in [1.29, 1.82) is 0 Å². The Morgan fingerprint density at radius 1 is 1.24 bits per heavy atom. The van der Waals surface area contributed by atoms with Gasteiger partial charge in [-0.15, -0.1) is 0 Å². The number of fused-ring (bicyclic) bond motifs is 1. The average molecular weight is 280 g/mol. The summed E-state index contributed by atoms with van der Waals surface area (Å²) in [7, 11) is 1.60. The average Bonchev–Trinajstić information content (AvgIpc) is 2.67. The Hall–Kier alpha value is -2.49. The number of pyridine rings is 2. The lowest BCUT2D eigenvalue weighted by Crippen LogP contribution is -2.01. The molecule has 0 radical (unpaired) electrons. The number of aromatic nitrogens is 2. The monoisotopic (exact) mass is 280 g/mol. The van der Waals surface area contributed by atoms with Gasteiger partial charge in [-0.05, 0) is 36.6 Å². The summed E-state index contributed by atoms with van der Waals surface area (Å²) >= 11 is 0. The molecule has 4 heteroatoms. The zero-order valence-corrected chi connectivity index (χ0v) is 11.9. The van der Waals surface area contributed by atoms with E-state index in [-0.39, 0.29) is 5.78 Å². The Balaban J connectivity index is 2.11. The number of carbonyl (C=O) groups is 1. The van der Waals surface area contributed by atoms with Crippen molar-refractivity contribution in [1.82, 2.24) is 9.97 Å². The molecule has 4 nitrogen and oxygen atoms in total. The molecule has 0 saturated carbocycles. The molecule has 0 aliphatic heterocycles. The summed E-state index contributed by atoms with van der Waals surface area (Å²) in [6.07, 6.45) is 7.56. The number of allylic oxidation sites excluding steroid dienone is 1. The fourth-order valence-electron chi connectivity index (χ4n) is 2.53. The van der Waals surface area contributed by atoms with Crippen LogP contribution in [0.2, 0.25) is 0 Å². The van der Waals surface area contributed by atoms with Crippen molar-refractivity contribution in [3.8, 4) is 5.88 Å². The molecular formula is C17H16N2O2. The number of hydrogen-bond acceptors (Lipinski definition) is 4. The van der Waals surface area contributed by atoms with Crippen molar-refractivity contribution in [3.63, 3.8) is 0 Å². The maximum absolute atomic E-state index is 12.4. The number of ether oxygens (including phenoxy) is 1. The van der Waals surface area contributed by atoms with Gasteiger partial charge in [0.2, 0.25) is 5.88 Å². The second-order valence-electron chi connectivity index (χ2n) is 4.97. The highest BCUT2D eigenvalue weighted by Crippen LogP contribution is 2.30. The molecule has 0 atom stereocenters. The van der Waals surface area contributed by atoms with Gasteiger partial charge >= 0.3 is 0 Å². The van der Waals surface area contributed by atoms with Crippen molar-refractivity contribution in [3.05, 3.63) is 53.5 Å². The van der Waals surface area contributed by atoms with Crippen LogP contribution in [0.5, 0.6) is 5.88 Å². The largest absolute Gasteiger partial charge is 0.481 e. The minimum absolute atomic E-state index is 0.145. The smallest absolute Gasteiger partial charge is 0.213 e. The van der Waals surface area contributed by atoms with Crippen LogP contribution in [0, 0.1) is 0 Å². The van der Waals surface area contributed by atoms with E-state index in [1.807, 2.05) is 30.3 Å². The Morgan fingerprint density at radius 3 is 2.90 bits per heavy atom. The molecule has 0 fully saturated rings. The Morgan fingerprint density at radius 2 is 2.14 bits per heavy atom. The van der Waals surface area contributed by atoms with Crippen molar-refractivity contribution in [2.24, 2.45) is 0 Å². The maximum Gasteiger partial charge on any atom is 0.213 e. The standard InChI is InChI=1S/C17H16N2O2/c1-21-17-9-12-5-4-7-16(20)14(15(12)11-19-17)10-13-6-2-3-8-18-13/h2-3,6,8-11H,4-5,7H2,1H3. The number of Topliss-reactive ketones (excluding diaryl/α,β-unsaturated/α-hetero) is 1. The Bertz CT molecular complexity index is 693. The minimum Gasteiger partial charge on any atom is -0.481 e. The molecule has 2 aromatic rings. The number of nitrogens with zero attached hydrogens (tertiary/aromatic N) is 2. The summed E-state index contributed by atoms with van der Waals surface area (Å²) in [5, 5.41) is 0. The molecule has 21 heavy (non-hydrogen) atoms. The lowest BCUT2D eigenvalue weighted by Gasteiger charge is -2.09. The summed E-state index contributed by atoms with van der Waals surface area (Å²) in [5.41, 5.74) is 3.47. The molecule has 1 aliphatic rings. The van der Waals surface area contributed by atoms with Crippen LogP contribution in [0.1, 0.15) is 29.7 Å². The van der Waals surface area contributed by atoms with Crippen LogP contribution in [-0.2, 0) is 11.2 Å². The quantitative estimate of drug-likeness (QED) is 0.627. The third-order valence-corrected chi connectivity index (χ3v) is 3.59. The summed E-state index contributed by atoms with van der Waals surface area (Å²) in [5.74, 6) is 0.728. The van der Waals surface area contributed by atoms with E-state index in [4.69, 9.17) is 4.74 Å². The van der Waals surface area contributed by atoms with Gasteiger partial charge in [0.1, 0.15) is 0 Å². The molecule has 0 unspecified atom stereocenters. The van der Waals surface area contributed by atoms with E-state index < -0.39 is 0 Å². The fourth-order valence-corrected chi connectivity index (χ4v) is 2.53. The van der Waals surface area contributed by atoms with Gasteiger partial charge in [-0.2, -0.15) is 0 Å². The van der Waals surface area contributed by atoms with Gasteiger partial charge in [0.25, 0.3) is 0 Å². The molecule has 0 saturated heterocycles. The Labute approximate surface area is 123 Å². The first-order valence-electron chi connectivity index (χ1n) is 6.97. The molecular weight excluding hydrogens is 264 g/mol. The number of methoxy groups -OCH3 is 1. The van der Waals surface area contributed by atoms with Crippen molar-refractivity contribution in [2.45, 2.75) is 19.3 Å². The Kier molecular flexibility index (Phi) is 3.77. The molecule has 106 valence electrons. The molecule has 1 aliphatic carbocycles. The molecule has 0 aromatic carbocycles. The molecule has 0 N–H and O–H groups in total. The number of rotatable bonds is 2. The SMILES string of the molecule is COc1cc2c(cn1)C(=Cc1ccccn1)C(=O)CCC2. The topological polar surface area (TPSA) is 52.1 Å². The summed E-state index contributed by atoms with van der Waals surface area (Å²) < 4.78 is 5.17. The van der Waals surface area contributed by atoms with Gasteiger partial charge in [-0.1, -0.05) is 6.07 Å². The van der Waals surface area contributed by atoms with E-state index in [2.05, 4.69) is 9.97 Å². The second-order valence-corrected chi connectivity index (χ2v) is 4.97. The molecule has 0 spiro atoms. The third-order valence-electron chi connectivity index (χ3n) is 3.59. The summed E-state index contributed by atoms with van der Waals surface area (Å²) in [6.45, 7) is 0. The fraction of sp³-hybridized carbons (Fsp3) is 0.235. The molecule has 2 aromatic heterocycles. The van der Waals surface area contributed by atoms with E-state index in [1.54, 1.807) is 19.5 Å². The number of ketones is 1. The zero-order chi connectivity index (χ0) is 14.7. The zero-order valence-electron chi connectivity index (χ0n) is 11.9. The van der Waals surface area contributed by atoms with E-state index >= 15 is 0 Å². The first kappa shape index (κ1) is 13.5. The van der Waals surface area contributed by atoms with Crippen LogP contribution < -0.4 is 4.74 Å². The van der Waals surface area contributed by atoms with Crippen LogP contribution in [0.4, 0.5) is 0 Å². The van der Waals surface area contributed by atoms with E-state index in [9.17, 15) is 4.79 Å². The second kappa shape index (κ2) is 5.87.